The summed E-state index contributed by atoms with van der Waals surface area (Å²) < 4.78 is 6.58. The second-order valence-electron chi connectivity index (χ2n) is 9.82. The van der Waals surface area contributed by atoms with E-state index in [1.807, 2.05) is 4.40 Å². The lowest BCUT2D eigenvalue weighted by Gasteiger charge is -2.33. The highest BCUT2D eigenvalue weighted by atomic mass is 32.2. The van der Waals surface area contributed by atoms with E-state index >= 15 is 0 Å². The quantitative estimate of drug-likeness (QED) is 0.298. The number of aromatic nitrogens is 4. The number of amides is 1. The van der Waals surface area contributed by atoms with Gasteiger partial charge in [-0.1, -0.05) is 32.5 Å². The summed E-state index contributed by atoms with van der Waals surface area (Å²) in [6, 6.07) is 6.57. The molecule has 0 radical (unpaired) electrons. The Bertz CT molecular complexity index is 1420. The smallest absolute Gasteiger partial charge is 0.337 e. The molecular formula is C25H27N5O3S2. The number of esters is 1. The molecule has 8 nitrogen and oxygen atoms in total. The molecule has 1 aliphatic carbocycles. The number of hydrogen-bond donors (Lipinski definition) is 1. The molecule has 10 heteroatoms. The number of methoxy groups -OCH3 is 1. The normalized spacial score (nSPS) is 15.8. The molecule has 1 N–H and O–H groups in total. The van der Waals surface area contributed by atoms with Crippen molar-refractivity contribution in [3.8, 4) is 0 Å². The number of ether oxygens (including phenoxy) is 1. The van der Waals surface area contributed by atoms with Crippen LogP contribution in [0.2, 0.25) is 0 Å². The third-order valence-corrected chi connectivity index (χ3v) is 8.68. The average molecular weight is 510 g/mol. The predicted molar refractivity (Wildman–Crippen MR) is 138 cm³/mol. The van der Waals surface area contributed by atoms with Crippen molar-refractivity contribution in [1.29, 1.82) is 0 Å². The summed E-state index contributed by atoms with van der Waals surface area (Å²) in [6.45, 7) is 6.96. The van der Waals surface area contributed by atoms with Crippen LogP contribution in [0.25, 0.3) is 15.9 Å². The number of thioether (sulfide) groups is 1. The molecular weight excluding hydrogens is 482 g/mol. The van der Waals surface area contributed by atoms with Crippen LogP contribution in [-0.4, -0.2) is 44.3 Å². The fraction of sp³-hybridized carbons (Fsp3) is 0.400. The van der Waals surface area contributed by atoms with Gasteiger partial charge >= 0.3 is 5.97 Å². The number of nitrogens with one attached hydrogen (secondary N) is 1. The van der Waals surface area contributed by atoms with Crippen molar-refractivity contribution in [3.05, 3.63) is 46.6 Å². The Morgan fingerprint density at radius 2 is 2.00 bits per heavy atom. The molecule has 4 aromatic rings. The van der Waals surface area contributed by atoms with Crippen LogP contribution in [0.5, 0.6) is 0 Å². The van der Waals surface area contributed by atoms with Gasteiger partial charge in [-0.15, -0.1) is 21.5 Å². The summed E-state index contributed by atoms with van der Waals surface area (Å²) in [5, 5.41) is 13.4. The van der Waals surface area contributed by atoms with E-state index in [1.165, 1.54) is 35.7 Å². The Morgan fingerprint density at radius 1 is 1.23 bits per heavy atom. The van der Waals surface area contributed by atoms with Crippen LogP contribution in [0.1, 0.15) is 48.0 Å². The number of hydrogen-bond acceptors (Lipinski definition) is 8. The minimum Gasteiger partial charge on any atom is -0.465 e. The number of fused-ring (bicyclic) bond motifs is 5. The molecule has 0 aliphatic heterocycles. The number of anilines is 1. The number of carbonyl (C=O) groups is 2. The van der Waals surface area contributed by atoms with Crippen molar-refractivity contribution in [2.75, 3.05) is 18.2 Å². The Balaban J connectivity index is 1.31. The molecule has 0 unspecified atom stereocenters. The average Bonchev–Trinajstić information content (AvgIpc) is 3.42. The highest BCUT2D eigenvalue weighted by Crippen LogP contribution is 2.43. The Labute approximate surface area is 211 Å². The number of aryl methyl sites for hydroxylation is 1. The van der Waals surface area contributed by atoms with Crippen molar-refractivity contribution in [1.82, 2.24) is 19.6 Å². The molecule has 1 amide bonds. The van der Waals surface area contributed by atoms with Crippen molar-refractivity contribution in [3.63, 3.8) is 0 Å². The van der Waals surface area contributed by atoms with E-state index in [1.54, 1.807) is 41.9 Å². The molecule has 35 heavy (non-hydrogen) atoms. The van der Waals surface area contributed by atoms with Crippen LogP contribution < -0.4 is 5.32 Å². The summed E-state index contributed by atoms with van der Waals surface area (Å²) in [7, 11) is 1.33. The minimum absolute atomic E-state index is 0.173. The number of thiophene rings is 1. The van der Waals surface area contributed by atoms with E-state index in [0.717, 1.165) is 28.7 Å². The lowest BCUT2D eigenvalue weighted by atomic mass is 9.72. The third-order valence-electron chi connectivity index (χ3n) is 6.57. The maximum Gasteiger partial charge on any atom is 0.337 e. The highest BCUT2D eigenvalue weighted by Gasteiger charge is 2.32. The van der Waals surface area contributed by atoms with E-state index in [4.69, 9.17) is 9.72 Å². The molecule has 0 saturated carbocycles. The van der Waals surface area contributed by atoms with E-state index in [2.05, 4.69) is 36.3 Å². The molecule has 3 heterocycles. The van der Waals surface area contributed by atoms with E-state index < -0.39 is 5.97 Å². The van der Waals surface area contributed by atoms with Gasteiger partial charge in [0.2, 0.25) is 5.91 Å². The van der Waals surface area contributed by atoms with Crippen LogP contribution in [-0.2, 0) is 22.4 Å². The summed E-state index contributed by atoms with van der Waals surface area (Å²) in [6.07, 6.45) is 5.04. The highest BCUT2D eigenvalue weighted by molar-refractivity contribution is 7.99. The number of benzene rings is 1. The lowest BCUT2D eigenvalue weighted by molar-refractivity contribution is -0.113. The van der Waals surface area contributed by atoms with Crippen molar-refractivity contribution < 1.29 is 14.3 Å². The Kier molecular flexibility index (Phi) is 6.27. The van der Waals surface area contributed by atoms with Gasteiger partial charge in [0.25, 0.3) is 0 Å². The van der Waals surface area contributed by atoms with Crippen LogP contribution in [0.3, 0.4) is 0 Å². The maximum atomic E-state index is 12.5. The van der Waals surface area contributed by atoms with Gasteiger partial charge in [-0.2, -0.15) is 0 Å². The van der Waals surface area contributed by atoms with E-state index in [0.29, 0.717) is 27.7 Å². The monoisotopic (exact) mass is 509 g/mol. The van der Waals surface area contributed by atoms with Gasteiger partial charge in [0.05, 0.1) is 23.8 Å². The molecule has 0 fully saturated rings. The number of nitrogens with zero attached hydrogens (tertiary/aromatic N) is 4. The second-order valence-corrected chi connectivity index (χ2v) is 11.8. The van der Waals surface area contributed by atoms with Crippen LogP contribution in [0.15, 0.2) is 35.7 Å². The van der Waals surface area contributed by atoms with Gasteiger partial charge in [-0.3, -0.25) is 9.20 Å². The molecule has 1 aromatic carbocycles. The molecule has 182 valence electrons. The third kappa shape index (κ3) is 4.64. The van der Waals surface area contributed by atoms with Crippen LogP contribution in [0.4, 0.5) is 5.69 Å². The first-order valence-electron chi connectivity index (χ1n) is 11.5. The van der Waals surface area contributed by atoms with E-state index in [-0.39, 0.29) is 11.7 Å². The van der Waals surface area contributed by atoms with Crippen LogP contribution >= 0.6 is 23.1 Å². The standard InChI is InChI=1S/C25H27N5O3S2/c1-25(2,3)15-7-10-17-18(11-15)35-22-20(17)21-28-29-24(30(21)13-26-22)34-12-19(31)27-16-8-5-14(6-9-16)23(32)33-4/h5-6,8-9,13,15H,7,10-12H2,1-4H3,(H,27,31)/t15-/m0/s1. The number of rotatable bonds is 5. The Hall–Kier alpha value is -2.98. The van der Waals surface area contributed by atoms with Crippen molar-refractivity contribution >= 4 is 56.5 Å². The maximum absolute atomic E-state index is 12.5. The molecule has 0 saturated heterocycles. The van der Waals surface area contributed by atoms with Gasteiger partial charge in [-0.25, -0.2) is 9.78 Å². The minimum atomic E-state index is -0.416. The zero-order valence-electron chi connectivity index (χ0n) is 20.1. The molecule has 3 aromatic heterocycles. The SMILES string of the molecule is COC(=O)c1ccc(NC(=O)CSc2nnc3c4c5c(sc4ncn23)C[C@@H](C(C)(C)C)CC5)cc1. The molecule has 1 atom stereocenters. The lowest BCUT2D eigenvalue weighted by Crippen LogP contribution is -2.26. The Morgan fingerprint density at radius 3 is 2.71 bits per heavy atom. The summed E-state index contributed by atoms with van der Waals surface area (Å²) >= 11 is 3.09. The predicted octanol–water partition coefficient (Wildman–Crippen LogP) is 5.01. The van der Waals surface area contributed by atoms with Gasteiger partial charge in [-0.05, 0) is 60.4 Å². The first kappa shape index (κ1) is 23.7. The van der Waals surface area contributed by atoms with E-state index in [9.17, 15) is 9.59 Å². The largest absolute Gasteiger partial charge is 0.465 e. The molecule has 0 spiro atoms. The molecule has 5 rings (SSSR count). The zero-order valence-corrected chi connectivity index (χ0v) is 21.8. The number of carbonyl (C=O) groups excluding carboxylic acids is 2. The fourth-order valence-corrected chi connectivity index (χ4v) is 6.49. The van der Waals surface area contributed by atoms with Crippen LogP contribution in [0, 0.1) is 11.3 Å². The zero-order chi connectivity index (χ0) is 24.7. The topological polar surface area (TPSA) is 98.5 Å². The van der Waals surface area contributed by atoms with Gasteiger partial charge in [0, 0.05) is 10.6 Å². The second kappa shape index (κ2) is 9.23. The van der Waals surface area contributed by atoms with Crippen molar-refractivity contribution in [2.45, 2.75) is 45.2 Å². The summed E-state index contributed by atoms with van der Waals surface area (Å²) in [5.41, 5.74) is 3.50. The molecule has 0 bridgehead atoms. The first-order chi connectivity index (χ1) is 16.7. The summed E-state index contributed by atoms with van der Waals surface area (Å²) in [4.78, 5) is 31.2. The van der Waals surface area contributed by atoms with Gasteiger partial charge in [0.1, 0.15) is 11.2 Å². The fourth-order valence-electron chi connectivity index (χ4n) is 4.53. The van der Waals surface area contributed by atoms with Gasteiger partial charge in [0.15, 0.2) is 10.8 Å². The molecule has 1 aliphatic rings. The first-order valence-corrected chi connectivity index (χ1v) is 13.3. The van der Waals surface area contributed by atoms with Crippen molar-refractivity contribution in [2.24, 2.45) is 11.3 Å². The summed E-state index contributed by atoms with van der Waals surface area (Å²) in [5.74, 6) is 0.249. The van der Waals surface area contributed by atoms with Gasteiger partial charge < -0.3 is 10.1 Å².